The lowest BCUT2D eigenvalue weighted by atomic mass is 10.1. The average Bonchev–Trinajstić information content (AvgIpc) is 2.51. The number of hydrogen-bond donors (Lipinski definition) is 0. The Kier molecular flexibility index (Phi) is 7.88. The molecule has 0 unspecified atom stereocenters. The van der Waals surface area contributed by atoms with E-state index in [0.29, 0.717) is 18.6 Å². The minimum absolute atomic E-state index is 0.384. The van der Waals surface area contributed by atoms with Crippen LogP contribution in [-0.4, -0.2) is 26.0 Å². The summed E-state index contributed by atoms with van der Waals surface area (Å²) in [6.45, 7) is 8.25. The zero-order valence-electron chi connectivity index (χ0n) is 13.9. The summed E-state index contributed by atoms with van der Waals surface area (Å²) in [6.07, 6.45) is 4.28. The largest absolute Gasteiger partial charge is 0.497 e. The molecular weight excluding hydrogens is 262 g/mol. The Balaban J connectivity index is 2.72. The molecule has 0 saturated heterocycles. The van der Waals surface area contributed by atoms with Crippen LogP contribution < -0.4 is 9.64 Å². The summed E-state index contributed by atoms with van der Waals surface area (Å²) in [4.78, 5) is 14.0. The number of aryl methyl sites for hydroxylation is 1. The van der Waals surface area contributed by atoms with Crippen LogP contribution in [0.4, 0.5) is 5.69 Å². The van der Waals surface area contributed by atoms with Crippen molar-refractivity contribution in [3.05, 3.63) is 23.8 Å². The highest BCUT2D eigenvalue weighted by Gasteiger charge is 2.11. The fourth-order valence-corrected chi connectivity index (χ4v) is 2.58. The smallest absolute Gasteiger partial charge is 0.132 e. The van der Waals surface area contributed by atoms with Crippen LogP contribution in [-0.2, 0) is 11.2 Å². The molecule has 3 heteroatoms. The van der Waals surface area contributed by atoms with Gasteiger partial charge in [-0.1, -0.05) is 19.9 Å². The minimum atomic E-state index is 0.384. The summed E-state index contributed by atoms with van der Waals surface area (Å²) in [5.74, 6) is 1.28. The first kappa shape index (κ1) is 17.5. The third-order valence-electron chi connectivity index (χ3n) is 3.81. The molecule has 0 heterocycles. The molecule has 3 nitrogen and oxygen atoms in total. The molecule has 0 fully saturated rings. The molecule has 21 heavy (non-hydrogen) atoms. The molecule has 0 bridgehead atoms. The number of Topliss-reactive ketones (excluding diaryl/α,β-unsaturated/α-hetero) is 1. The number of ether oxygens (including phenoxy) is 1. The van der Waals surface area contributed by atoms with Crippen molar-refractivity contribution < 1.29 is 9.53 Å². The van der Waals surface area contributed by atoms with Crippen LogP contribution in [0.3, 0.4) is 0 Å². The van der Waals surface area contributed by atoms with Gasteiger partial charge in [-0.15, -0.1) is 0 Å². The van der Waals surface area contributed by atoms with Crippen molar-refractivity contribution in [2.24, 2.45) is 0 Å². The third kappa shape index (κ3) is 5.41. The monoisotopic (exact) mass is 291 g/mol. The second-order valence-electron chi connectivity index (χ2n) is 5.32. The summed E-state index contributed by atoms with van der Waals surface area (Å²) in [6, 6.07) is 6.26. The molecule has 0 aliphatic heterocycles. The van der Waals surface area contributed by atoms with Crippen LogP contribution in [0.2, 0.25) is 0 Å². The first-order valence-corrected chi connectivity index (χ1v) is 8.09. The van der Waals surface area contributed by atoms with E-state index in [9.17, 15) is 4.79 Å². The fourth-order valence-electron chi connectivity index (χ4n) is 2.58. The Morgan fingerprint density at radius 3 is 2.52 bits per heavy atom. The van der Waals surface area contributed by atoms with Crippen LogP contribution >= 0.6 is 0 Å². The summed E-state index contributed by atoms with van der Waals surface area (Å²) in [7, 11) is 1.70. The summed E-state index contributed by atoms with van der Waals surface area (Å²) in [5.41, 5.74) is 2.57. The van der Waals surface area contributed by atoms with Gasteiger partial charge in [-0.25, -0.2) is 0 Å². The van der Waals surface area contributed by atoms with Crippen molar-refractivity contribution in [2.75, 3.05) is 25.1 Å². The van der Waals surface area contributed by atoms with Gasteiger partial charge >= 0.3 is 0 Å². The number of benzene rings is 1. The maximum absolute atomic E-state index is 11.6. The molecule has 0 radical (unpaired) electrons. The molecule has 1 aromatic rings. The summed E-state index contributed by atoms with van der Waals surface area (Å²) in [5, 5.41) is 0. The molecule has 0 aromatic heterocycles. The highest BCUT2D eigenvalue weighted by molar-refractivity contribution is 5.78. The molecule has 0 amide bonds. The van der Waals surface area contributed by atoms with Gasteiger partial charge in [-0.2, -0.15) is 0 Å². The number of hydrogen-bond acceptors (Lipinski definition) is 3. The van der Waals surface area contributed by atoms with E-state index in [1.807, 2.05) is 6.07 Å². The molecule has 118 valence electrons. The molecule has 0 saturated carbocycles. The van der Waals surface area contributed by atoms with Crippen molar-refractivity contribution in [1.29, 1.82) is 0 Å². The predicted octanol–water partition coefficient (Wildman–Crippen LogP) is 4.23. The lowest BCUT2D eigenvalue weighted by molar-refractivity contribution is -0.119. The molecular formula is C18H29NO2. The zero-order valence-corrected chi connectivity index (χ0v) is 13.9. The van der Waals surface area contributed by atoms with Crippen molar-refractivity contribution in [1.82, 2.24) is 0 Å². The topological polar surface area (TPSA) is 29.5 Å². The van der Waals surface area contributed by atoms with Crippen LogP contribution in [0.5, 0.6) is 5.75 Å². The van der Waals surface area contributed by atoms with Gasteiger partial charge in [-0.3, -0.25) is 4.79 Å². The van der Waals surface area contributed by atoms with E-state index in [2.05, 4.69) is 37.8 Å². The SMILES string of the molecule is CCCC(=O)CCCN(CC)c1cc(OC)ccc1CC. The van der Waals surface area contributed by atoms with Crippen LogP contribution in [0, 0.1) is 0 Å². The molecule has 0 aliphatic rings. The number of rotatable bonds is 10. The number of carbonyl (C=O) groups is 1. The van der Waals surface area contributed by atoms with E-state index in [1.165, 1.54) is 11.3 Å². The van der Waals surface area contributed by atoms with E-state index < -0.39 is 0 Å². The quantitative estimate of drug-likeness (QED) is 0.646. The first-order chi connectivity index (χ1) is 10.2. The fraction of sp³-hybridized carbons (Fsp3) is 0.611. The maximum Gasteiger partial charge on any atom is 0.132 e. The number of methoxy groups -OCH3 is 1. The Hall–Kier alpha value is -1.51. The van der Waals surface area contributed by atoms with E-state index in [4.69, 9.17) is 4.74 Å². The Morgan fingerprint density at radius 1 is 1.19 bits per heavy atom. The number of nitrogens with zero attached hydrogens (tertiary/aromatic N) is 1. The van der Waals surface area contributed by atoms with Gasteiger partial charge in [-0.05, 0) is 37.8 Å². The maximum atomic E-state index is 11.6. The van der Waals surface area contributed by atoms with E-state index in [1.54, 1.807) is 7.11 Å². The highest BCUT2D eigenvalue weighted by Crippen LogP contribution is 2.27. The first-order valence-electron chi connectivity index (χ1n) is 8.09. The molecule has 0 aliphatic carbocycles. The van der Waals surface area contributed by atoms with Crippen molar-refractivity contribution in [3.8, 4) is 5.75 Å². The normalized spacial score (nSPS) is 10.5. The standard InChI is InChI=1S/C18H29NO2/c1-5-9-16(20)10-8-13-19(7-3)18-14-17(21-4)12-11-15(18)6-2/h11-12,14H,5-10,13H2,1-4H3. The minimum Gasteiger partial charge on any atom is -0.497 e. The van der Waals surface area contributed by atoms with Crippen LogP contribution in [0.25, 0.3) is 0 Å². The highest BCUT2D eigenvalue weighted by atomic mass is 16.5. The van der Waals surface area contributed by atoms with Crippen molar-refractivity contribution >= 4 is 11.5 Å². The molecule has 1 rings (SSSR count). The summed E-state index contributed by atoms with van der Waals surface area (Å²) >= 11 is 0. The zero-order chi connectivity index (χ0) is 15.7. The molecule has 0 spiro atoms. The predicted molar refractivity (Wildman–Crippen MR) is 89.4 cm³/mol. The van der Waals surface area contributed by atoms with Gasteiger partial charge < -0.3 is 9.64 Å². The second-order valence-corrected chi connectivity index (χ2v) is 5.32. The van der Waals surface area contributed by atoms with Gasteiger partial charge in [0.15, 0.2) is 0 Å². The van der Waals surface area contributed by atoms with E-state index in [-0.39, 0.29) is 0 Å². The second kappa shape index (κ2) is 9.43. The molecule has 1 aromatic carbocycles. The Bertz CT molecular complexity index is 443. The van der Waals surface area contributed by atoms with E-state index >= 15 is 0 Å². The third-order valence-corrected chi connectivity index (χ3v) is 3.81. The van der Waals surface area contributed by atoms with E-state index in [0.717, 1.165) is 38.1 Å². The van der Waals surface area contributed by atoms with Gasteiger partial charge in [0.2, 0.25) is 0 Å². The van der Waals surface area contributed by atoms with Crippen LogP contribution in [0.1, 0.15) is 52.0 Å². The molecule has 0 atom stereocenters. The lowest BCUT2D eigenvalue weighted by Gasteiger charge is -2.26. The van der Waals surface area contributed by atoms with Gasteiger partial charge in [0.1, 0.15) is 11.5 Å². The lowest BCUT2D eigenvalue weighted by Crippen LogP contribution is -2.25. The van der Waals surface area contributed by atoms with Crippen LogP contribution in [0.15, 0.2) is 18.2 Å². The number of carbonyl (C=O) groups excluding carboxylic acids is 1. The Morgan fingerprint density at radius 2 is 1.95 bits per heavy atom. The van der Waals surface area contributed by atoms with Crippen molar-refractivity contribution in [2.45, 2.75) is 52.9 Å². The number of ketones is 1. The van der Waals surface area contributed by atoms with Gasteiger partial charge in [0, 0.05) is 37.7 Å². The summed E-state index contributed by atoms with van der Waals surface area (Å²) < 4.78 is 5.34. The van der Waals surface area contributed by atoms with Gasteiger partial charge in [0.05, 0.1) is 7.11 Å². The van der Waals surface area contributed by atoms with Crippen molar-refractivity contribution in [3.63, 3.8) is 0 Å². The average molecular weight is 291 g/mol. The van der Waals surface area contributed by atoms with Gasteiger partial charge in [0.25, 0.3) is 0 Å². The number of anilines is 1. The molecule has 0 N–H and O–H groups in total. The Labute approximate surface area is 129 Å².